The van der Waals surface area contributed by atoms with Crippen LogP contribution < -0.4 is 10.1 Å². The molecule has 6 heteroatoms. The number of ether oxygens (including phenoxy) is 1. The molecule has 3 rings (SSSR count). The van der Waals surface area contributed by atoms with Crippen LogP contribution in [-0.2, 0) is 9.59 Å². The Hall–Kier alpha value is -2.08. The minimum atomic E-state index is -0.274. The summed E-state index contributed by atoms with van der Waals surface area (Å²) in [5.74, 6) is 0.722. The summed E-state index contributed by atoms with van der Waals surface area (Å²) in [7, 11) is 1.65. The highest BCUT2D eigenvalue weighted by molar-refractivity contribution is 5.85. The molecular formula is C26H41N3O3. The molecule has 2 amide bonds. The maximum atomic E-state index is 13.5. The lowest BCUT2D eigenvalue weighted by Gasteiger charge is -2.42. The number of likely N-dealkylation sites (tertiary alicyclic amines) is 2. The second-order valence-corrected chi connectivity index (χ2v) is 9.25. The van der Waals surface area contributed by atoms with Gasteiger partial charge in [-0.2, -0.15) is 0 Å². The number of carbonyl (C=O) groups is 2. The summed E-state index contributed by atoms with van der Waals surface area (Å²) >= 11 is 0. The minimum absolute atomic E-state index is 0.0851. The largest absolute Gasteiger partial charge is 0.496 e. The first-order chi connectivity index (χ1) is 15.6. The smallest absolute Gasteiger partial charge is 0.225 e. The van der Waals surface area contributed by atoms with E-state index in [1.165, 1.54) is 12.8 Å². The Bertz CT molecular complexity index is 746. The lowest BCUT2D eigenvalue weighted by Crippen LogP contribution is -2.51. The number of benzene rings is 1. The van der Waals surface area contributed by atoms with Crippen LogP contribution in [0.15, 0.2) is 24.3 Å². The van der Waals surface area contributed by atoms with Crippen molar-refractivity contribution in [2.24, 2.45) is 5.92 Å². The molecule has 1 aromatic rings. The number of nitrogens with one attached hydrogen (secondary N) is 1. The summed E-state index contributed by atoms with van der Waals surface area (Å²) in [6, 6.07) is 7.78. The van der Waals surface area contributed by atoms with Gasteiger partial charge in [-0.25, -0.2) is 0 Å². The molecule has 0 radical (unpaired) electrons. The predicted octanol–water partition coefficient (Wildman–Crippen LogP) is 4.16. The van der Waals surface area contributed by atoms with Crippen molar-refractivity contribution in [3.63, 3.8) is 0 Å². The molecule has 2 aliphatic heterocycles. The number of hydrogen-bond acceptors (Lipinski definition) is 4. The van der Waals surface area contributed by atoms with Crippen molar-refractivity contribution in [1.82, 2.24) is 15.1 Å². The van der Waals surface area contributed by atoms with Gasteiger partial charge in [-0.05, 0) is 44.7 Å². The monoisotopic (exact) mass is 443 g/mol. The van der Waals surface area contributed by atoms with E-state index in [1.807, 2.05) is 29.2 Å². The maximum absolute atomic E-state index is 13.5. The zero-order valence-electron chi connectivity index (χ0n) is 20.1. The van der Waals surface area contributed by atoms with Crippen LogP contribution in [0.1, 0.15) is 76.8 Å². The zero-order chi connectivity index (χ0) is 22.9. The van der Waals surface area contributed by atoms with Gasteiger partial charge in [-0.3, -0.25) is 9.59 Å². The number of hydrogen-bond donors (Lipinski definition) is 1. The molecule has 0 aromatic heterocycles. The normalized spacial score (nSPS) is 22.7. The van der Waals surface area contributed by atoms with Crippen LogP contribution in [0, 0.1) is 5.92 Å². The first-order valence-corrected chi connectivity index (χ1v) is 12.5. The highest BCUT2D eigenvalue weighted by Crippen LogP contribution is 2.41. The van der Waals surface area contributed by atoms with Crippen molar-refractivity contribution in [3.05, 3.63) is 29.8 Å². The van der Waals surface area contributed by atoms with E-state index in [0.29, 0.717) is 19.4 Å². The number of carbonyl (C=O) groups excluding carboxylic acids is 2. The van der Waals surface area contributed by atoms with E-state index in [1.54, 1.807) is 7.11 Å². The summed E-state index contributed by atoms with van der Waals surface area (Å²) in [6.45, 7) is 8.29. The van der Waals surface area contributed by atoms with Crippen LogP contribution in [-0.4, -0.2) is 60.9 Å². The van der Waals surface area contributed by atoms with E-state index >= 15 is 0 Å². The van der Waals surface area contributed by atoms with Gasteiger partial charge in [0, 0.05) is 37.7 Å². The van der Waals surface area contributed by atoms with Gasteiger partial charge in [0.15, 0.2) is 0 Å². The standard InChI is InChI=1S/C26H41N3O3/c1-4-6-16-28-18-14-20(15-19-28)27-26(31)22-12-13-24(30)29(17-7-5-2)25(22)21-10-8-9-11-23(21)32-3/h8-11,20,22,25H,4-7,12-19H2,1-3H3,(H,27,31). The van der Waals surface area contributed by atoms with Gasteiger partial charge >= 0.3 is 0 Å². The van der Waals surface area contributed by atoms with Crippen LogP contribution >= 0.6 is 0 Å². The molecule has 0 spiro atoms. The van der Waals surface area contributed by atoms with Gasteiger partial charge in [0.2, 0.25) is 11.8 Å². The first-order valence-electron chi connectivity index (χ1n) is 12.5. The van der Waals surface area contributed by atoms with Crippen molar-refractivity contribution in [2.45, 2.75) is 77.3 Å². The number of rotatable bonds is 10. The first kappa shape index (κ1) is 24.6. The summed E-state index contributed by atoms with van der Waals surface area (Å²) < 4.78 is 5.63. The molecule has 6 nitrogen and oxygen atoms in total. The highest BCUT2D eigenvalue weighted by Gasteiger charge is 2.42. The second-order valence-electron chi connectivity index (χ2n) is 9.25. The second kappa shape index (κ2) is 12.2. The molecule has 1 aromatic carbocycles. The Balaban J connectivity index is 1.75. The number of unbranched alkanes of at least 4 members (excludes halogenated alkanes) is 2. The highest BCUT2D eigenvalue weighted by atomic mass is 16.5. The molecule has 2 atom stereocenters. The van der Waals surface area contributed by atoms with Crippen LogP contribution in [0.25, 0.3) is 0 Å². The van der Waals surface area contributed by atoms with Gasteiger partial charge in [-0.15, -0.1) is 0 Å². The lowest BCUT2D eigenvalue weighted by molar-refractivity contribution is -0.144. The van der Waals surface area contributed by atoms with E-state index < -0.39 is 0 Å². The summed E-state index contributed by atoms with van der Waals surface area (Å²) in [5.41, 5.74) is 0.939. The summed E-state index contributed by atoms with van der Waals surface area (Å²) in [4.78, 5) is 30.9. The lowest BCUT2D eigenvalue weighted by atomic mass is 9.82. The number of para-hydroxylation sites is 1. The fourth-order valence-corrected chi connectivity index (χ4v) is 5.11. The average Bonchev–Trinajstić information content (AvgIpc) is 2.82. The van der Waals surface area contributed by atoms with Crippen LogP contribution in [0.3, 0.4) is 0 Å². The third kappa shape index (κ3) is 6.03. The fourth-order valence-electron chi connectivity index (χ4n) is 5.11. The van der Waals surface area contributed by atoms with Crippen LogP contribution in [0.2, 0.25) is 0 Å². The van der Waals surface area contributed by atoms with E-state index in [-0.39, 0.29) is 29.8 Å². The van der Waals surface area contributed by atoms with Crippen molar-refractivity contribution in [1.29, 1.82) is 0 Å². The minimum Gasteiger partial charge on any atom is -0.496 e. The number of methoxy groups -OCH3 is 1. The van der Waals surface area contributed by atoms with Gasteiger partial charge in [0.1, 0.15) is 5.75 Å². The topological polar surface area (TPSA) is 61.9 Å². The molecule has 0 saturated carbocycles. The molecule has 2 saturated heterocycles. The van der Waals surface area contributed by atoms with E-state index in [9.17, 15) is 9.59 Å². The summed E-state index contributed by atoms with van der Waals surface area (Å²) in [5, 5.41) is 3.35. The SMILES string of the molecule is CCCCN1CCC(NC(=O)C2CCC(=O)N(CCCC)C2c2ccccc2OC)CC1. The van der Waals surface area contributed by atoms with E-state index in [2.05, 4.69) is 24.1 Å². The zero-order valence-corrected chi connectivity index (χ0v) is 20.1. The molecule has 2 fully saturated rings. The Morgan fingerprint density at radius 1 is 1.06 bits per heavy atom. The Morgan fingerprint density at radius 2 is 1.75 bits per heavy atom. The third-order valence-electron chi connectivity index (χ3n) is 7.02. The van der Waals surface area contributed by atoms with Crippen molar-refractivity contribution < 1.29 is 14.3 Å². The van der Waals surface area contributed by atoms with Crippen molar-refractivity contribution in [3.8, 4) is 5.75 Å². The maximum Gasteiger partial charge on any atom is 0.225 e. The quantitative estimate of drug-likeness (QED) is 0.590. The van der Waals surface area contributed by atoms with Crippen molar-refractivity contribution >= 4 is 11.8 Å². The van der Waals surface area contributed by atoms with Gasteiger partial charge in [-0.1, -0.05) is 44.9 Å². The molecule has 1 N–H and O–H groups in total. The molecule has 2 aliphatic rings. The molecule has 2 heterocycles. The number of piperidine rings is 2. The average molecular weight is 444 g/mol. The molecule has 32 heavy (non-hydrogen) atoms. The number of amides is 2. The third-order valence-corrected chi connectivity index (χ3v) is 7.02. The van der Waals surface area contributed by atoms with Crippen molar-refractivity contribution in [2.75, 3.05) is 33.3 Å². The van der Waals surface area contributed by atoms with Gasteiger partial charge in [0.05, 0.1) is 19.1 Å². The Kier molecular flexibility index (Phi) is 9.39. The van der Waals surface area contributed by atoms with Gasteiger partial charge < -0.3 is 19.9 Å². The van der Waals surface area contributed by atoms with Gasteiger partial charge in [0.25, 0.3) is 0 Å². The van der Waals surface area contributed by atoms with E-state index in [4.69, 9.17) is 4.74 Å². The molecule has 0 aliphatic carbocycles. The fraction of sp³-hybridized carbons (Fsp3) is 0.692. The number of nitrogens with zero attached hydrogens (tertiary/aromatic N) is 2. The molecule has 178 valence electrons. The predicted molar refractivity (Wildman–Crippen MR) is 128 cm³/mol. The summed E-state index contributed by atoms with van der Waals surface area (Å²) in [6.07, 6.45) is 7.42. The Labute approximate surface area is 193 Å². The molecular weight excluding hydrogens is 402 g/mol. The van der Waals surface area contributed by atoms with E-state index in [0.717, 1.165) is 56.6 Å². The molecule has 0 bridgehead atoms. The molecule has 2 unspecified atom stereocenters. The van der Waals surface area contributed by atoms with Crippen LogP contribution in [0.4, 0.5) is 0 Å². The van der Waals surface area contributed by atoms with Crippen LogP contribution in [0.5, 0.6) is 5.75 Å². The Morgan fingerprint density at radius 3 is 2.44 bits per heavy atom.